The summed E-state index contributed by atoms with van der Waals surface area (Å²) >= 11 is 0. The van der Waals surface area contributed by atoms with Gasteiger partial charge < -0.3 is 18.9 Å². The van der Waals surface area contributed by atoms with Crippen molar-refractivity contribution in [3.05, 3.63) is 23.3 Å². The molecule has 19 heavy (non-hydrogen) atoms. The van der Waals surface area contributed by atoms with Gasteiger partial charge in [0.2, 0.25) is 0 Å². The Labute approximate surface area is 114 Å². The molecule has 4 nitrogen and oxygen atoms in total. The first-order chi connectivity index (χ1) is 9.09. The van der Waals surface area contributed by atoms with Crippen LogP contribution in [0.5, 0.6) is 11.5 Å². The van der Waals surface area contributed by atoms with Crippen LogP contribution >= 0.6 is 0 Å². The lowest BCUT2D eigenvalue weighted by atomic mass is 10.1. The molecular formula is C14H20O4Si. The molecule has 0 aromatic heterocycles. The molecule has 1 saturated heterocycles. The first kappa shape index (κ1) is 13.0. The predicted octanol–water partition coefficient (Wildman–Crippen LogP) is 2.46. The minimum absolute atomic E-state index is 0.258. The van der Waals surface area contributed by atoms with Crippen LogP contribution in [0, 0.1) is 0 Å². The Kier molecular flexibility index (Phi) is 3.28. The lowest BCUT2D eigenvalue weighted by Gasteiger charge is -2.31. The van der Waals surface area contributed by atoms with Gasteiger partial charge in [-0.2, -0.15) is 0 Å². The zero-order valence-corrected chi connectivity index (χ0v) is 12.7. The fourth-order valence-corrected chi connectivity index (χ4v) is 4.58. The summed E-state index contributed by atoms with van der Waals surface area (Å²) in [6, 6.07) is 5.23. The van der Waals surface area contributed by atoms with Gasteiger partial charge in [-0.15, -0.1) is 0 Å². The Morgan fingerprint density at radius 3 is 2.63 bits per heavy atom. The highest BCUT2D eigenvalue weighted by Gasteiger charge is 2.32. The van der Waals surface area contributed by atoms with Crippen molar-refractivity contribution in [2.75, 3.05) is 26.6 Å². The van der Waals surface area contributed by atoms with Crippen LogP contribution in [0.3, 0.4) is 0 Å². The molecule has 0 unspecified atom stereocenters. The highest BCUT2D eigenvalue weighted by Crippen LogP contribution is 2.40. The van der Waals surface area contributed by atoms with Crippen molar-refractivity contribution < 1.29 is 18.9 Å². The van der Waals surface area contributed by atoms with Gasteiger partial charge in [0.1, 0.15) is 0 Å². The topological polar surface area (TPSA) is 36.9 Å². The van der Waals surface area contributed by atoms with Crippen LogP contribution in [0.1, 0.15) is 17.4 Å². The summed E-state index contributed by atoms with van der Waals surface area (Å²) in [6.07, 6.45) is 0.595. The molecule has 0 bridgehead atoms. The van der Waals surface area contributed by atoms with Gasteiger partial charge in [-0.3, -0.25) is 0 Å². The van der Waals surface area contributed by atoms with E-state index in [0.29, 0.717) is 13.2 Å². The molecule has 0 aliphatic carbocycles. The van der Waals surface area contributed by atoms with Gasteiger partial charge in [0.25, 0.3) is 0 Å². The molecule has 0 saturated carbocycles. The summed E-state index contributed by atoms with van der Waals surface area (Å²) in [4.78, 5) is 0. The lowest BCUT2D eigenvalue weighted by Crippen LogP contribution is -2.41. The van der Waals surface area contributed by atoms with E-state index in [-0.39, 0.29) is 6.29 Å². The highest BCUT2D eigenvalue weighted by molar-refractivity contribution is 6.77. The van der Waals surface area contributed by atoms with Crippen LogP contribution in [0.15, 0.2) is 12.1 Å². The van der Waals surface area contributed by atoms with E-state index in [1.165, 1.54) is 5.56 Å². The first-order valence-corrected chi connectivity index (χ1v) is 10.1. The van der Waals surface area contributed by atoms with Gasteiger partial charge in [0.15, 0.2) is 17.8 Å². The molecule has 0 atom stereocenters. The molecule has 1 fully saturated rings. The molecule has 2 aliphatic rings. The van der Waals surface area contributed by atoms with Crippen LogP contribution in [-0.2, 0) is 15.5 Å². The molecular weight excluding hydrogens is 260 g/mol. The molecule has 0 spiro atoms. The zero-order chi connectivity index (χ0) is 13.5. The third-order valence-corrected chi connectivity index (χ3v) is 5.81. The Morgan fingerprint density at radius 1 is 1.21 bits per heavy atom. The van der Waals surface area contributed by atoms with Gasteiger partial charge in [0, 0.05) is 5.56 Å². The Morgan fingerprint density at radius 2 is 1.95 bits per heavy atom. The molecule has 1 aromatic rings. The summed E-state index contributed by atoms with van der Waals surface area (Å²) in [5.41, 5.74) is 2.26. The fourth-order valence-electron chi connectivity index (χ4n) is 2.65. The Balaban J connectivity index is 2.00. The molecule has 2 aliphatic heterocycles. The number of fused-ring (bicyclic) bond motifs is 1. The lowest BCUT2D eigenvalue weighted by molar-refractivity contribution is -0.0443. The first-order valence-electron chi connectivity index (χ1n) is 6.66. The molecule has 0 radical (unpaired) electrons. The minimum Gasteiger partial charge on any atom is -0.493 e. The van der Waals surface area contributed by atoms with E-state index < -0.39 is 8.07 Å². The maximum atomic E-state index is 5.93. The van der Waals surface area contributed by atoms with Crippen LogP contribution in [0.2, 0.25) is 13.1 Å². The van der Waals surface area contributed by atoms with E-state index >= 15 is 0 Å². The molecule has 1 aromatic carbocycles. The highest BCUT2D eigenvalue weighted by atomic mass is 28.3. The van der Waals surface area contributed by atoms with Crippen LogP contribution in [-0.4, -0.2) is 34.6 Å². The van der Waals surface area contributed by atoms with Crippen LogP contribution in [0.4, 0.5) is 0 Å². The Hall–Kier alpha value is -1.04. The normalized spacial score (nSPS) is 21.8. The fraction of sp³-hybridized carbons (Fsp3) is 0.571. The number of ether oxygens (including phenoxy) is 4. The summed E-state index contributed by atoms with van der Waals surface area (Å²) < 4.78 is 22.5. The average Bonchev–Trinajstić information content (AvgIpc) is 2.89. The van der Waals surface area contributed by atoms with Gasteiger partial charge in [0.05, 0.1) is 34.6 Å². The van der Waals surface area contributed by atoms with Crippen LogP contribution in [0.25, 0.3) is 0 Å². The third-order valence-electron chi connectivity index (χ3n) is 3.54. The molecule has 0 N–H and O–H groups in total. The summed E-state index contributed by atoms with van der Waals surface area (Å²) in [7, 11) is 0.378. The van der Waals surface area contributed by atoms with Gasteiger partial charge in [-0.05, 0) is 23.7 Å². The van der Waals surface area contributed by atoms with E-state index in [1.807, 2.05) is 6.07 Å². The summed E-state index contributed by atoms with van der Waals surface area (Å²) in [6.45, 7) is 6.00. The molecule has 5 heteroatoms. The summed E-state index contributed by atoms with van der Waals surface area (Å²) in [5.74, 6) is 1.69. The van der Waals surface area contributed by atoms with Crippen molar-refractivity contribution in [2.45, 2.75) is 25.4 Å². The van der Waals surface area contributed by atoms with Crippen LogP contribution < -0.4 is 9.47 Å². The van der Waals surface area contributed by atoms with Gasteiger partial charge in [-0.1, -0.05) is 13.1 Å². The standard InChI is InChI=1S/C14H20O4Si/c1-15-12-7-10(14-16-4-5-17-14)6-11-8-19(2,3)9-18-13(11)12/h6-7,14H,4-5,8-9H2,1-3H3. The maximum Gasteiger partial charge on any atom is 0.184 e. The number of benzene rings is 1. The van der Waals surface area contributed by atoms with Crippen molar-refractivity contribution >= 4 is 8.07 Å². The second kappa shape index (κ2) is 4.81. The molecule has 2 heterocycles. The smallest absolute Gasteiger partial charge is 0.184 e. The predicted molar refractivity (Wildman–Crippen MR) is 74.3 cm³/mol. The Bertz CT molecular complexity index is 481. The average molecular weight is 280 g/mol. The van der Waals surface area contributed by atoms with Crippen molar-refractivity contribution in [1.29, 1.82) is 0 Å². The number of methoxy groups -OCH3 is 1. The van der Waals surface area contributed by atoms with Gasteiger partial charge in [-0.25, -0.2) is 0 Å². The monoisotopic (exact) mass is 280 g/mol. The quantitative estimate of drug-likeness (QED) is 0.780. The maximum absolute atomic E-state index is 5.93. The van der Waals surface area contributed by atoms with Crippen molar-refractivity contribution in [3.8, 4) is 11.5 Å². The molecule has 0 amide bonds. The van der Waals surface area contributed by atoms with Gasteiger partial charge >= 0.3 is 0 Å². The number of hydrogen-bond acceptors (Lipinski definition) is 4. The summed E-state index contributed by atoms with van der Waals surface area (Å²) in [5, 5.41) is 0. The second-order valence-corrected chi connectivity index (χ2v) is 10.9. The SMILES string of the molecule is COc1cc(C2OCCO2)cc2c1OC[Si](C)(C)C2. The van der Waals surface area contributed by atoms with Crippen molar-refractivity contribution in [3.63, 3.8) is 0 Å². The number of rotatable bonds is 2. The van der Waals surface area contributed by atoms with E-state index in [0.717, 1.165) is 29.3 Å². The van der Waals surface area contributed by atoms with E-state index in [4.69, 9.17) is 18.9 Å². The molecule has 104 valence electrons. The van der Waals surface area contributed by atoms with E-state index in [2.05, 4.69) is 19.2 Å². The van der Waals surface area contributed by atoms with Crippen molar-refractivity contribution in [1.82, 2.24) is 0 Å². The van der Waals surface area contributed by atoms with E-state index in [9.17, 15) is 0 Å². The third kappa shape index (κ3) is 2.50. The van der Waals surface area contributed by atoms with Crippen molar-refractivity contribution in [2.24, 2.45) is 0 Å². The second-order valence-electron chi connectivity index (χ2n) is 5.91. The molecule has 3 rings (SSSR count). The largest absolute Gasteiger partial charge is 0.493 e. The number of hydrogen-bond donors (Lipinski definition) is 0. The van der Waals surface area contributed by atoms with E-state index in [1.54, 1.807) is 7.11 Å². The minimum atomic E-state index is -1.30. The zero-order valence-electron chi connectivity index (χ0n) is 11.7.